The van der Waals surface area contributed by atoms with Gasteiger partial charge in [0, 0.05) is 22.4 Å². The van der Waals surface area contributed by atoms with E-state index in [-0.39, 0.29) is 5.78 Å². The third-order valence-corrected chi connectivity index (χ3v) is 6.27. The Morgan fingerprint density at radius 2 is 2.21 bits per heavy atom. The summed E-state index contributed by atoms with van der Waals surface area (Å²) in [5.74, 6) is 0.565. The third-order valence-electron chi connectivity index (χ3n) is 3.32. The van der Waals surface area contributed by atoms with Gasteiger partial charge in [0.15, 0.2) is 5.78 Å². The molecular formula is C17H13N3OS3. The van der Waals surface area contributed by atoms with Gasteiger partial charge in [-0.05, 0) is 31.4 Å². The number of ketones is 1. The van der Waals surface area contributed by atoms with Crippen LogP contribution in [0.15, 0.2) is 34.0 Å². The van der Waals surface area contributed by atoms with E-state index in [1.54, 1.807) is 35.7 Å². The highest BCUT2D eigenvalue weighted by Crippen LogP contribution is 2.31. The molecule has 3 aromatic rings. The zero-order valence-corrected chi connectivity index (χ0v) is 15.5. The number of pyridine rings is 1. The number of hydrogen-bond donors (Lipinski definition) is 0. The molecule has 3 rings (SSSR count). The standard InChI is InChI=1S/C17H13N3OS3/c1-10-14(11(2)21)6-12(7-18)16(19-10)23-8-13-9-24-17(20-13)15-4-3-5-22-15/h3-6,9H,8H2,1-2H3. The fourth-order valence-electron chi connectivity index (χ4n) is 2.16. The molecule has 0 unspecified atom stereocenters. The normalized spacial score (nSPS) is 10.5. The second kappa shape index (κ2) is 7.26. The number of nitrogens with zero attached hydrogens (tertiary/aromatic N) is 3. The SMILES string of the molecule is CC(=O)c1cc(C#N)c(SCc2csc(-c3cccs3)n2)nc1C. The molecule has 0 spiro atoms. The van der Waals surface area contributed by atoms with E-state index in [1.165, 1.54) is 18.7 Å². The fourth-order valence-corrected chi connectivity index (χ4v) is 4.79. The van der Waals surface area contributed by atoms with Gasteiger partial charge in [-0.1, -0.05) is 17.8 Å². The topological polar surface area (TPSA) is 66.6 Å². The van der Waals surface area contributed by atoms with Crippen molar-refractivity contribution in [1.82, 2.24) is 9.97 Å². The number of aryl methyl sites for hydroxylation is 1. The minimum absolute atomic E-state index is 0.0758. The number of thioether (sulfide) groups is 1. The Balaban J connectivity index is 1.79. The molecule has 7 heteroatoms. The fraction of sp³-hybridized carbons (Fsp3) is 0.176. The van der Waals surface area contributed by atoms with Crippen LogP contribution in [-0.4, -0.2) is 15.8 Å². The van der Waals surface area contributed by atoms with Gasteiger partial charge in [0.2, 0.25) is 0 Å². The minimum Gasteiger partial charge on any atom is -0.294 e. The summed E-state index contributed by atoms with van der Waals surface area (Å²) < 4.78 is 0. The van der Waals surface area contributed by atoms with Gasteiger partial charge in [-0.2, -0.15) is 5.26 Å². The van der Waals surface area contributed by atoms with E-state index in [9.17, 15) is 10.1 Å². The zero-order chi connectivity index (χ0) is 17.1. The first-order chi connectivity index (χ1) is 11.6. The predicted molar refractivity (Wildman–Crippen MR) is 98.7 cm³/mol. The molecule has 0 amide bonds. The Labute approximate surface area is 152 Å². The van der Waals surface area contributed by atoms with Crippen molar-refractivity contribution in [2.45, 2.75) is 24.6 Å². The van der Waals surface area contributed by atoms with Crippen LogP contribution in [0, 0.1) is 18.3 Å². The van der Waals surface area contributed by atoms with Crippen molar-refractivity contribution in [3.63, 3.8) is 0 Å². The van der Waals surface area contributed by atoms with Gasteiger partial charge in [-0.3, -0.25) is 4.79 Å². The van der Waals surface area contributed by atoms with Crippen molar-refractivity contribution >= 4 is 40.2 Å². The summed E-state index contributed by atoms with van der Waals surface area (Å²) in [6.07, 6.45) is 0. The summed E-state index contributed by atoms with van der Waals surface area (Å²) in [4.78, 5) is 21.8. The number of aromatic nitrogens is 2. The van der Waals surface area contributed by atoms with E-state index >= 15 is 0 Å². The van der Waals surface area contributed by atoms with E-state index in [0.29, 0.717) is 27.6 Å². The monoisotopic (exact) mass is 371 g/mol. The van der Waals surface area contributed by atoms with Gasteiger partial charge in [-0.25, -0.2) is 9.97 Å². The molecule has 0 saturated carbocycles. The minimum atomic E-state index is -0.0758. The second-order valence-corrected chi connectivity index (χ2v) is 7.82. The van der Waals surface area contributed by atoms with Crippen LogP contribution < -0.4 is 0 Å². The molecule has 0 aromatic carbocycles. The first-order valence-electron chi connectivity index (χ1n) is 7.12. The predicted octanol–water partition coefficient (Wildman–Crippen LogP) is 4.94. The maximum atomic E-state index is 11.6. The van der Waals surface area contributed by atoms with Crippen LogP contribution >= 0.6 is 34.4 Å². The number of thiazole rings is 1. The molecule has 24 heavy (non-hydrogen) atoms. The van der Waals surface area contributed by atoms with Gasteiger partial charge in [0.1, 0.15) is 16.1 Å². The van der Waals surface area contributed by atoms with Crippen molar-refractivity contribution in [2.75, 3.05) is 0 Å². The van der Waals surface area contributed by atoms with Gasteiger partial charge in [0.25, 0.3) is 0 Å². The molecule has 0 aliphatic heterocycles. The van der Waals surface area contributed by atoms with Crippen LogP contribution in [0.25, 0.3) is 9.88 Å². The van der Waals surface area contributed by atoms with Crippen LogP contribution in [-0.2, 0) is 5.75 Å². The lowest BCUT2D eigenvalue weighted by molar-refractivity contribution is 0.101. The number of nitriles is 1. The van der Waals surface area contributed by atoms with E-state index in [1.807, 2.05) is 16.8 Å². The summed E-state index contributed by atoms with van der Waals surface area (Å²) in [5, 5.41) is 15.0. The molecule has 0 fully saturated rings. The average molecular weight is 372 g/mol. The summed E-state index contributed by atoms with van der Waals surface area (Å²) >= 11 is 4.76. The summed E-state index contributed by atoms with van der Waals surface area (Å²) in [6.45, 7) is 3.28. The van der Waals surface area contributed by atoms with Gasteiger partial charge in [-0.15, -0.1) is 22.7 Å². The smallest absolute Gasteiger partial charge is 0.161 e. The molecule has 0 radical (unpaired) electrons. The summed E-state index contributed by atoms with van der Waals surface area (Å²) in [6, 6.07) is 7.83. The molecule has 4 nitrogen and oxygen atoms in total. The molecule has 0 saturated heterocycles. The van der Waals surface area contributed by atoms with Crippen LogP contribution in [0.1, 0.15) is 34.2 Å². The molecule has 3 heterocycles. The van der Waals surface area contributed by atoms with E-state index in [4.69, 9.17) is 0 Å². The lowest BCUT2D eigenvalue weighted by Crippen LogP contribution is -2.02. The van der Waals surface area contributed by atoms with Gasteiger partial charge >= 0.3 is 0 Å². The molecule has 0 N–H and O–H groups in total. The highest BCUT2D eigenvalue weighted by atomic mass is 32.2. The quantitative estimate of drug-likeness (QED) is 0.469. The molecule has 120 valence electrons. The molecular weight excluding hydrogens is 358 g/mol. The van der Waals surface area contributed by atoms with Crippen molar-refractivity contribution in [1.29, 1.82) is 5.26 Å². The van der Waals surface area contributed by atoms with E-state index in [2.05, 4.69) is 22.1 Å². The van der Waals surface area contributed by atoms with Crippen molar-refractivity contribution < 1.29 is 4.79 Å². The lowest BCUT2D eigenvalue weighted by Gasteiger charge is -2.07. The van der Waals surface area contributed by atoms with Crippen molar-refractivity contribution in [2.24, 2.45) is 0 Å². The Morgan fingerprint density at radius 3 is 2.88 bits per heavy atom. The van der Waals surface area contributed by atoms with E-state index in [0.717, 1.165) is 15.6 Å². The first kappa shape index (κ1) is 16.8. The summed E-state index contributed by atoms with van der Waals surface area (Å²) in [7, 11) is 0. The van der Waals surface area contributed by atoms with Gasteiger partial charge in [0.05, 0.1) is 16.1 Å². The van der Waals surface area contributed by atoms with Crippen LogP contribution in [0.5, 0.6) is 0 Å². The number of carbonyl (C=O) groups excluding carboxylic acids is 1. The highest BCUT2D eigenvalue weighted by Gasteiger charge is 2.13. The number of carbonyl (C=O) groups is 1. The molecule has 0 aliphatic carbocycles. The van der Waals surface area contributed by atoms with Crippen LogP contribution in [0.2, 0.25) is 0 Å². The number of hydrogen-bond acceptors (Lipinski definition) is 7. The lowest BCUT2D eigenvalue weighted by atomic mass is 10.1. The maximum Gasteiger partial charge on any atom is 0.161 e. The highest BCUT2D eigenvalue weighted by molar-refractivity contribution is 7.98. The average Bonchev–Trinajstić information content (AvgIpc) is 3.23. The van der Waals surface area contributed by atoms with Gasteiger partial charge < -0.3 is 0 Å². The number of rotatable bonds is 5. The zero-order valence-electron chi connectivity index (χ0n) is 13.1. The third kappa shape index (κ3) is 3.56. The van der Waals surface area contributed by atoms with E-state index < -0.39 is 0 Å². The maximum absolute atomic E-state index is 11.6. The second-order valence-electron chi connectivity index (χ2n) is 5.05. The Kier molecular flexibility index (Phi) is 5.09. The molecule has 0 bridgehead atoms. The Hall–Kier alpha value is -2.01. The van der Waals surface area contributed by atoms with Crippen molar-refractivity contribution in [3.05, 3.63) is 51.5 Å². The largest absolute Gasteiger partial charge is 0.294 e. The molecule has 0 atom stereocenters. The number of Topliss-reactive ketones (excluding diaryl/α,β-unsaturated/α-hetero) is 1. The van der Waals surface area contributed by atoms with Crippen molar-refractivity contribution in [3.8, 4) is 16.0 Å². The molecule has 0 aliphatic rings. The Bertz CT molecular complexity index is 923. The summed E-state index contributed by atoms with van der Waals surface area (Å²) in [5.41, 5.74) is 2.56. The Morgan fingerprint density at radius 1 is 1.38 bits per heavy atom. The molecule has 3 aromatic heterocycles. The van der Waals surface area contributed by atoms with Crippen LogP contribution in [0.3, 0.4) is 0 Å². The first-order valence-corrected chi connectivity index (χ1v) is 9.86. The van der Waals surface area contributed by atoms with Crippen LogP contribution in [0.4, 0.5) is 0 Å². The number of thiophene rings is 1.